The minimum Gasteiger partial charge on any atom is -0.452 e. The number of halogens is 1. The fourth-order valence-corrected chi connectivity index (χ4v) is 2.03. The molecule has 138 valence electrons. The number of carbonyl (C=O) groups excluding carboxylic acids is 2. The molecule has 2 rings (SSSR count). The van der Waals surface area contributed by atoms with E-state index in [0.717, 1.165) is 0 Å². The summed E-state index contributed by atoms with van der Waals surface area (Å²) in [6, 6.07) is 9.07. The molecule has 0 fully saturated rings. The van der Waals surface area contributed by atoms with E-state index in [1.165, 1.54) is 24.4 Å². The van der Waals surface area contributed by atoms with Crippen LogP contribution in [-0.2, 0) is 9.53 Å². The molecule has 2 aromatic rings. The largest absolute Gasteiger partial charge is 0.452 e. The van der Waals surface area contributed by atoms with Crippen molar-refractivity contribution < 1.29 is 18.7 Å². The minimum atomic E-state index is -0.718. The molecule has 1 heterocycles. The number of esters is 1. The molecule has 0 aliphatic heterocycles. The van der Waals surface area contributed by atoms with Crippen molar-refractivity contribution in [1.82, 2.24) is 10.3 Å². The predicted octanol–water partition coefficient (Wildman–Crippen LogP) is 3.28. The van der Waals surface area contributed by atoms with Gasteiger partial charge < -0.3 is 15.4 Å². The van der Waals surface area contributed by atoms with E-state index in [-0.39, 0.29) is 34.9 Å². The number of carbonyl (C=O) groups is 2. The molecule has 1 atom stereocenters. The second-order valence-electron chi connectivity index (χ2n) is 6.18. The summed E-state index contributed by atoms with van der Waals surface area (Å²) < 4.78 is 18.8. The van der Waals surface area contributed by atoms with Crippen LogP contribution in [0.4, 0.5) is 15.9 Å². The molecular weight excluding hydrogens is 337 g/mol. The molecular formula is C19H22FN3O3. The molecule has 1 aromatic heterocycles. The van der Waals surface area contributed by atoms with E-state index in [9.17, 15) is 14.0 Å². The maximum absolute atomic E-state index is 13.8. The van der Waals surface area contributed by atoms with E-state index in [2.05, 4.69) is 15.6 Å². The highest BCUT2D eigenvalue weighted by Crippen LogP contribution is 2.21. The van der Waals surface area contributed by atoms with Crippen molar-refractivity contribution in [3.8, 4) is 0 Å². The average molecular weight is 359 g/mol. The highest BCUT2D eigenvalue weighted by Gasteiger charge is 2.17. The first kappa shape index (κ1) is 19.4. The normalized spacial score (nSPS) is 11.7. The van der Waals surface area contributed by atoms with Crippen molar-refractivity contribution in [1.29, 1.82) is 0 Å². The van der Waals surface area contributed by atoms with Gasteiger partial charge in [0.25, 0.3) is 5.91 Å². The van der Waals surface area contributed by atoms with Gasteiger partial charge in [-0.3, -0.25) is 4.79 Å². The van der Waals surface area contributed by atoms with Crippen LogP contribution in [0, 0.1) is 11.7 Å². The van der Waals surface area contributed by atoms with Crippen LogP contribution < -0.4 is 10.6 Å². The summed E-state index contributed by atoms with van der Waals surface area (Å²) in [5, 5.41) is 5.52. The summed E-state index contributed by atoms with van der Waals surface area (Å²) in [6.45, 7) is 5.44. The first-order valence-electron chi connectivity index (χ1n) is 8.31. The monoisotopic (exact) mass is 359 g/mol. The quantitative estimate of drug-likeness (QED) is 0.742. The Bertz CT molecular complexity index is 780. The number of anilines is 2. The molecule has 1 amide bonds. The number of aromatic nitrogens is 1. The summed E-state index contributed by atoms with van der Waals surface area (Å²) in [5.41, 5.74) is 0.296. The Balaban J connectivity index is 2.03. The standard InChI is InChI=1S/C19H22FN3O3/c1-12(2)13(3)22-17(24)11-26-19(25)14-7-6-10-21-18(14)23-16-9-5-4-8-15(16)20/h4-10,12-13H,11H2,1-3H3,(H,21,23)(H,22,24). The number of rotatable bonds is 7. The molecule has 6 nitrogen and oxygen atoms in total. The van der Waals surface area contributed by atoms with Gasteiger partial charge in [0.1, 0.15) is 17.2 Å². The van der Waals surface area contributed by atoms with E-state index in [0.29, 0.717) is 0 Å². The van der Waals surface area contributed by atoms with E-state index in [1.807, 2.05) is 20.8 Å². The fraction of sp³-hybridized carbons (Fsp3) is 0.316. The number of para-hydroxylation sites is 1. The van der Waals surface area contributed by atoms with Crippen LogP contribution >= 0.6 is 0 Å². The Hall–Kier alpha value is -2.96. The van der Waals surface area contributed by atoms with Crippen molar-refractivity contribution in [2.75, 3.05) is 11.9 Å². The maximum Gasteiger partial charge on any atom is 0.342 e. The van der Waals surface area contributed by atoms with Crippen LogP contribution in [0.3, 0.4) is 0 Å². The summed E-state index contributed by atoms with van der Waals surface area (Å²) in [5.74, 6) is -1.15. The number of ether oxygens (including phenoxy) is 1. The Morgan fingerprint density at radius 2 is 1.88 bits per heavy atom. The third-order valence-corrected chi connectivity index (χ3v) is 3.88. The van der Waals surface area contributed by atoms with E-state index < -0.39 is 18.4 Å². The zero-order valence-corrected chi connectivity index (χ0v) is 15.0. The average Bonchev–Trinajstić information content (AvgIpc) is 2.62. The zero-order valence-electron chi connectivity index (χ0n) is 15.0. The van der Waals surface area contributed by atoms with Crippen LogP contribution in [0.2, 0.25) is 0 Å². The number of nitrogens with zero attached hydrogens (tertiary/aromatic N) is 1. The smallest absolute Gasteiger partial charge is 0.342 e. The molecule has 0 radical (unpaired) electrons. The Labute approximate surface area is 151 Å². The van der Waals surface area contributed by atoms with Gasteiger partial charge in [0, 0.05) is 12.2 Å². The van der Waals surface area contributed by atoms with Gasteiger partial charge in [-0.1, -0.05) is 26.0 Å². The first-order chi connectivity index (χ1) is 12.4. The van der Waals surface area contributed by atoms with Gasteiger partial charge in [-0.25, -0.2) is 14.2 Å². The van der Waals surface area contributed by atoms with Crippen LogP contribution in [0.5, 0.6) is 0 Å². The van der Waals surface area contributed by atoms with Crippen molar-refractivity contribution >= 4 is 23.4 Å². The highest BCUT2D eigenvalue weighted by atomic mass is 19.1. The van der Waals surface area contributed by atoms with Gasteiger partial charge in [0.15, 0.2) is 6.61 Å². The molecule has 7 heteroatoms. The summed E-state index contributed by atoms with van der Waals surface area (Å²) in [7, 11) is 0. The third kappa shape index (κ3) is 5.27. The molecule has 0 aliphatic rings. The maximum atomic E-state index is 13.8. The lowest BCUT2D eigenvalue weighted by Gasteiger charge is -2.17. The van der Waals surface area contributed by atoms with Crippen LogP contribution in [0.1, 0.15) is 31.1 Å². The Morgan fingerprint density at radius 3 is 2.58 bits per heavy atom. The van der Waals surface area contributed by atoms with Gasteiger partial charge in [-0.15, -0.1) is 0 Å². The lowest BCUT2D eigenvalue weighted by atomic mass is 10.1. The van der Waals surface area contributed by atoms with Gasteiger partial charge >= 0.3 is 5.97 Å². The summed E-state index contributed by atoms with van der Waals surface area (Å²) in [6.07, 6.45) is 1.47. The van der Waals surface area contributed by atoms with Crippen molar-refractivity contribution in [3.05, 3.63) is 54.0 Å². The predicted molar refractivity (Wildman–Crippen MR) is 96.6 cm³/mol. The van der Waals surface area contributed by atoms with Crippen molar-refractivity contribution in [2.24, 2.45) is 5.92 Å². The van der Waals surface area contributed by atoms with E-state index >= 15 is 0 Å². The molecule has 0 bridgehead atoms. The first-order valence-corrected chi connectivity index (χ1v) is 8.31. The van der Waals surface area contributed by atoms with Crippen LogP contribution in [0.25, 0.3) is 0 Å². The number of hydrogen-bond acceptors (Lipinski definition) is 5. The van der Waals surface area contributed by atoms with Crippen molar-refractivity contribution in [2.45, 2.75) is 26.8 Å². The topological polar surface area (TPSA) is 80.3 Å². The molecule has 1 unspecified atom stereocenters. The Kier molecular flexibility index (Phi) is 6.66. The number of nitrogens with one attached hydrogen (secondary N) is 2. The van der Waals surface area contributed by atoms with Gasteiger partial charge in [0.2, 0.25) is 0 Å². The molecule has 0 aliphatic carbocycles. The van der Waals surface area contributed by atoms with Gasteiger partial charge in [0.05, 0.1) is 5.69 Å². The van der Waals surface area contributed by atoms with Crippen molar-refractivity contribution in [3.63, 3.8) is 0 Å². The van der Waals surface area contributed by atoms with E-state index in [1.54, 1.807) is 18.2 Å². The molecule has 0 saturated carbocycles. The number of amides is 1. The second-order valence-corrected chi connectivity index (χ2v) is 6.18. The molecule has 1 aromatic carbocycles. The number of hydrogen-bond donors (Lipinski definition) is 2. The molecule has 0 spiro atoms. The fourth-order valence-electron chi connectivity index (χ4n) is 2.03. The minimum absolute atomic E-state index is 0.0297. The van der Waals surface area contributed by atoms with Gasteiger partial charge in [-0.05, 0) is 37.1 Å². The van der Waals surface area contributed by atoms with Crippen LogP contribution in [0.15, 0.2) is 42.6 Å². The summed E-state index contributed by atoms with van der Waals surface area (Å²) in [4.78, 5) is 28.2. The van der Waals surface area contributed by atoms with Gasteiger partial charge in [-0.2, -0.15) is 0 Å². The number of pyridine rings is 1. The molecule has 2 N–H and O–H groups in total. The highest BCUT2D eigenvalue weighted by molar-refractivity contribution is 5.96. The molecule has 0 saturated heterocycles. The summed E-state index contributed by atoms with van der Waals surface area (Å²) >= 11 is 0. The zero-order chi connectivity index (χ0) is 19.1. The lowest BCUT2D eigenvalue weighted by molar-refractivity contribution is -0.125. The molecule has 26 heavy (non-hydrogen) atoms. The number of benzene rings is 1. The van der Waals surface area contributed by atoms with E-state index in [4.69, 9.17) is 4.74 Å². The second kappa shape index (κ2) is 8.94. The third-order valence-electron chi connectivity index (χ3n) is 3.88. The SMILES string of the molecule is CC(C)C(C)NC(=O)COC(=O)c1cccnc1Nc1ccccc1F. The Morgan fingerprint density at radius 1 is 1.15 bits per heavy atom. The van der Waals surface area contributed by atoms with Crippen LogP contribution in [-0.4, -0.2) is 29.5 Å². The lowest BCUT2D eigenvalue weighted by Crippen LogP contribution is -2.38.